The van der Waals surface area contributed by atoms with Crippen LogP contribution in [0.3, 0.4) is 0 Å². The van der Waals surface area contributed by atoms with E-state index in [2.05, 4.69) is 4.98 Å². The molecule has 0 aliphatic carbocycles. The second kappa shape index (κ2) is 4.08. The molecule has 0 bridgehead atoms. The van der Waals surface area contributed by atoms with Gasteiger partial charge in [0.15, 0.2) is 6.29 Å². The molecule has 0 aromatic carbocycles. The van der Waals surface area contributed by atoms with E-state index in [1.165, 1.54) is 0 Å². The number of alkyl halides is 3. The van der Waals surface area contributed by atoms with Crippen molar-refractivity contribution in [3.05, 3.63) is 24.0 Å². The van der Waals surface area contributed by atoms with Gasteiger partial charge < -0.3 is 4.74 Å². The molecule has 1 heterocycles. The zero-order chi connectivity index (χ0) is 10.6. The van der Waals surface area contributed by atoms with Crippen molar-refractivity contribution in [1.29, 1.82) is 0 Å². The molecule has 0 aliphatic rings. The summed E-state index contributed by atoms with van der Waals surface area (Å²) in [6, 6.07) is 1.90. The minimum Gasteiger partial charge on any atom is -0.485 e. The number of carbonyl (C=O) groups is 1. The first-order chi connectivity index (χ1) is 6.54. The lowest BCUT2D eigenvalue weighted by atomic mass is 10.3. The first-order valence-electron chi connectivity index (χ1n) is 3.63. The first-order valence-corrected chi connectivity index (χ1v) is 3.63. The van der Waals surface area contributed by atoms with Crippen LogP contribution in [0.5, 0.6) is 5.75 Å². The highest BCUT2D eigenvalue weighted by atomic mass is 19.4. The van der Waals surface area contributed by atoms with Crippen LogP contribution in [0, 0.1) is 0 Å². The van der Waals surface area contributed by atoms with Crippen LogP contribution in [0.1, 0.15) is 5.69 Å². The van der Waals surface area contributed by atoms with Gasteiger partial charge in [-0.2, -0.15) is 13.2 Å². The molecule has 0 spiro atoms. The molecule has 0 radical (unpaired) electrons. The van der Waals surface area contributed by atoms with Crippen molar-refractivity contribution in [2.75, 3.05) is 6.61 Å². The molecule has 0 fully saturated rings. The number of aldehydes is 1. The van der Waals surface area contributed by atoms with Gasteiger partial charge in [-0.25, -0.2) is 4.98 Å². The number of halogens is 3. The SMILES string of the molecule is O=CCOc1ccc(C(F)(F)F)nc1. The van der Waals surface area contributed by atoms with Gasteiger partial charge in [-0.1, -0.05) is 0 Å². The van der Waals surface area contributed by atoms with Gasteiger partial charge in [0.05, 0.1) is 6.20 Å². The van der Waals surface area contributed by atoms with Gasteiger partial charge in [0, 0.05) is 0 Å². The molecule has 0 unspecified atom stereocenters. The molecular formula is C8H6F3NO2. The van der Waals surface area contributed by atoms with E-state index < -0.39 is 11.9 Å². The lowest BCUT2D eigenvalue weighted by Gasteiger charge is -2.06. The Labute approximate surface area is 77.5 Å². The molecule has 76 valence electrons. The maximum absolute atomic E-state index is 12.0. The quantitative estimate of drug-likeness (QED) is 0.704. The smallest absolute Gasteiger partial charge is 0.433 e. The van der Waals surface area contributed by atoms with Crippen molar-refractivity contribution in [2.45, 2.75) is 6.18 Å². The van der Waals surface area contributed by atoms with E-state index in [4.69, 9.17) is 4.74 Å². The van der Waals surface area contributed by atoms with Crippen molar-refractivity contribution >= 4 is 6.29 Å². The lowest BCUT2D eigenvalue weighted by molar-refractivity contribution is -0.141. The Balaban J connectivity index is 2.73. The number of pyridine rings is 1. The van der Waals surface area contributed by atoms with Crippen molar-refractivity contribution in [3.8, 4) is 5.75 Å². The molecule has 3 nitrogen and oxygen atoms in total. The Morgan fingerprint density at radius 2 is 2.14 bits per heavy atom. The van der Waals surface area contributed by atoms with Gasteiger partial charge in [0.2, 0.25) is 0 Å². The zero-order valence-corrected chi connectivity index (χ0v) is 6.91. The molecule has 1 rings (SSSR count). The summed E-state index contributed by atoms with van der Waals surface area (Å²) in [6.45, 7) is -0.201. The molecule has 0 amide bonds. The molecule has 1 aromatic heterocycles. The summed E-state index contributed by atoms with van der Waals surface area (Å²) in [5, 5.41) is 0. The van der Waals surface area contributed by atoms with Crippen LogP contribution in [-0.2, 0) is 11.0 Å². The van der Waals surface area contributed by atoms with Gasteiger partial charge in [-0.3, -0.25) is 4.79 Å². The summed E-state index contributed by atoms with van der Waals surface area (Å²) in [4.78, 5) is 13.0. The van der Waals surface area contributed by atoms with E-state index in [1.54, 1.807) is 0 Å². The second-order valence-corrected chi connectivity index (χ2v) is 2.35. The van der Waals surface area contributed by atoms with Crippen LogP contribution in [0.15, 0.2) is 18.3 Å². The van der Waals surface area contributed by atoms with Gasteiger partial charge >= 0.3 is 6.18 Å². The number of rotatable bonds is 3. The maximum atomic E-state index is 12.0. The number of nitrogens with zero attached hydrogens (tertiary/aromatic N) is 1. The highest BCUT2D eigenvalue weighted by Gasteiger charge is 2.32. The van der Waals surface area contributed by atoms with Crippen LogP contribution in [0.2, 0.25) is 0 Å². The lowest BCUT2D eigenvalue weighted by Crippen LogP contribution is -2.07. The second-order valence-electron chi connectivity index (χ2n) is 2.35. The fraction of sp³-hybridized carbons (Fsp3) is 0.250. The highest BCUT2D eigenvalue weighted by Crippen LogP contribution is 2.27. The summed E-state index contributed by atoms with van der Waals surface area (Å²) in [7, 11) is 0. The Kier molecular flexibility index (Phi) is 3.06. The summed E-state index contributed by atoms with van der Waals surface area (Å²) < 4.78 is 40.8. The van der Waals surface area contributed by atoms with Crippen molar-refractivity contribution in [3.63, 3.8) is 0 Å². The van der Waals surface area contributed by atoms with Crippen LogP contribution in [0.25, 0.3) is 0 Å². The molecule has 0 N–H and O–H groups in total. The Morgan fingerprint density at radius 1 is 1.43 bits per heavy atom. The third kappa shape index (κ3) is 2.72. The molecule has 0 saturated heterocycles. The average Bonchev–Trinajstić information content (AvgIpc) is 2.14. The monoisotopic (exact) mass is 205 g/mol. The Bertz CT molecular complexity index is 307. The predicted octanol–water partition coefficient (Wildman–Crippen LogP) is 1.68. The normalized spacial score (nSPS) is 11.1. The van der Waals surface area contributed by atoms with Crippen LogP contribution in [0.4, 0.5) is 13.2 Å². The highest BCUT2D eigenvalue weighted by molar-refractivity contribution is 5.51. The summed E-state index contributed by atoms with van der Waals surface area (Å²) in [5.74, 6) is 0.130. The Morgan fingerprint density at radius 3 is 2.57 bits per heavy atom. The molecule has 0 saturated carbocycles. The third-order valence-corrected chi connectivity index (χ3v) is 1.34. The predicted molar refractivity (Wildman–Crippen MR) is 40.8 cm³/mol. The Hall–Kier alpha value is -1.59. The number of hydrogen-bond donors (Lipinski definition) is 0. The molecule has 1 aromatic rings. The van der Waals surface area contributed by atoms with E-state index in [0.717, 1.165) is 18.3 Å². The van der Waals surface area contributed by atoms with Gasteiger partial charge in [0.1, 0.15) is 18.1 Å². The topological polar surface area (TPSA) is 39.2 Å². The molecule has 6 heteroatoms. The van der Waals surface area contributed by atoms with Crippen molar-refractivity contribution in [1.82, 2.24) is 4.98 Å². The fourth-order valence-electron chi connectivity index (χ4n) is 0.764. The largest absolute Gasteiger partial charge is 0.485 e. The van der Waals surface area contributed by atoms with Crippen LogP contribution < -0.4 is 4.74 Å². The number of carbonyl (C=O) groups excluding carboxylic acids is 1. The number of aromatic nitrogens is 1. The van der Waals surface area contributed by atoms with E-state index >= 15 is 0 Å². The van der Waals surface area contributed by atoms with Crippen molar-refractivity contribution in [2.24, 2.45) is 0 Å². The zero-order valence-electron chi connectivity index (χ0n) is 6.91. The third-order valence-electron chi connectivity index (χ3n) is 1.34. The molecular weight excluding hydrogens is 199 g/mol. The van der Waals surface area contributed by atoms with Crippen LogP contribution >= 0.6 is 0 Å². The van der Waals surface area contributed by atoms with E-state index in [-0.39, 0.29) is 12.4 Å². The summed E-state index contributed by atoms with van der Waals surface area (Å²) >= 11 is 0. The maximum Gasteiger partial charge on any atom is 0.433 e. The van der Waals surface area contributed by atoms with Gasteiger partial charge in [-0.15, -0.1) is 0 Å². The van der Waals surface area contributed by atoms with Crippen molar-refractivity contribution < 1.29 is 22.7 Å². The average molecular weight is 205 g/mol. The minimum atomic E-state index is -4.46. The van der Waals surface area contributed by atoms with E-state index in [1.807, 2.05) is 0 Å². The molecule has 0 atom stereocenters. The summed E-state index contributed by atoms with van der Waals surface area (Å²) in [5.41, 5.74) is -0.990. The first kappa shape index (κ1) is 10.5. The standard InChI is InChI=1S/C8H6F3NO2/c9-8(10,11)7-2-1-6(5-12-7)14-4-3-13/h1-3,5H,4H2. The van der Waals surface area contributed by atoms with E-state index in [0.29, 0.717) is 6.29 Å². The number of hydrogen-bond acceptors (Lipinski definition) is 3. The van der Waals surface area contributed by atoms with Gasteiger partial charge in [-0.05, 0) is 12.1 Å². The van der Waals surface area contributed by atoms with E-state index in [9.17, 15) is 18.0 Å². The van der Waals surface area contributed by atoms with Crippen LogP contribution in [-0.4, -0.2) is 17.9 Å². The summed E-state index contributed by atoms with van der Waals surface area (Å²) in [6.07, 6.45) is -3.03. The molecule has 14 heavy (non-hydrogen) atoms. The number of ether oxygens (including phenoxy) is 1. The minimum absolute atomic E-state index is 0.130. The fourth-order valence-corrected chi connectivity index (χ4v) is 0.764. The van der Waals surface area contributed by atoms with Gasteiger partial charge in [0.25, 0.3) is 0 Å². The molecule has 0 aliphatic heterocycles.